The van der Waals surface area contributed by atoms with Gasteiger partial charge in [-0.15, -0.1) is 10.2 Å². The summed E-state index contributed by atoms with van der Waals surface area (Å²) in [5, 5.41) is 21.6. The third kappa shape index (κ3) is 7.97. The van der Waals surface area contributed by atoms with Crippen LogP contribution in [0.2, 0.25) is 0 Å². The maximum Gasteiger partial charge on any atom is 0.407 e. The Labute approximate surface area is 225 Å². The van der Waals surface area contributed by atoms with E-state index in [1.807, 2.05) is 0 Å². The van der Waals surface area contributed by atoms with Gasteiger partial charge in [-0.05, 0) is 80.5 Å². The number of carbonyl (C=O) groups excluding carboxylic acids is 4. The molecule has 0 aromatic heterocycles. The lowest BCUT2D eigenvalue weighted by molar-refractivity contribution is -0.172. The largest absolute Gasteiger partial charge is 0.506 e. The molecule has 1 saturated heterocycles. The highest BCUT2D eigenvalue weighted by Gasteiger charge is 2.33. The van der Waals surface area contributed by atoms with E-state index in [0.29, 0.717) is 23.7 Å². The topological polar surface area (TPSA) is 147 Å². The second-order valence-corrected chi connectivity index (χ2v) is 9.21. The molecule has 39 heavy (non-hydrogen) atoms. The van der Waals surface area contributed by atoms with Crippen molar-refractivity contribution >= 4 is 35.3 Å². The van der Waals surface area contributed by atoms with Crippen LogP contribution in [-0.4, -0.2) is 46.7 Å². The first-order chi connectivity index (χ1) is 18.9. The van der Waals surface area contributed by atoms with Crippen molar-refractivity contribution < 1.29 is 33.9 Å². The lowest BCUT2D eigenvalue weighted by atomic mass is 10.0. The van der Waals surface area contributed by atoms with Gasteiger partial charge in [0.15, 0.2) is 0 Å². The van der Waals surface area contributed by atoms with Crippen LogP contribution < -0.4 is 5.32 Å². The van der Waals surface area contributed by atoms with E-state index in [2.05, 4.69) is 27.7 Å². The van der Waals surface area contributed by atoms with Crippen LogP contribution in [0, 0.1) is 0 Å². The summed E-state index contributed by atoms with van der Waals surface area (Å²) in [7, 11) is 0. The number of hydrogen-bond acceptors (Lipinski definition) is 9. The summed E-state index contributed by atoms with van der Waals surface area (Å²) >= 11 is 0. The van der Waals surface area contributed by atoms with Gasteiger partial charge < -0.3 is 20.0 Å². The van der Waals surface area contributed by atoms with Gasteiger partial charge in [0, 0.05) is 19.4 Å². The molecule has 0 spiro atoms. The van der Waals surface area contributed by atoms with Gasteiger partial charge in [0.2, 0.25) is 0 Å². The van der Waals surface area contributed by atoms with E-state index in [-0.39, 0.29) is 35.9 Å². The summed E-state index contributed by atoms with van der Waals surface area (Å²) in [6.07, 6.45) is 8.91. The Morgan fingerprint density at radius 3 is 2.49 bits per heavy atom. The zero-order chi connectivity index (χ0) is 27.6. The first kappa shape index (κ1) is 27.5. The van der Waals surface area contributed by atoms with E-state index < -0.39 is 23.9 Å². The van der Waals surface area contributed by atoms with Gasteiger partial charge in [0.05, 0.1) is 11.3 Å². The van der Waals surface area contributed by atoms with E-state index >= 15 is 0 Å². The highest BCUT2D eigenvalue weighted by molar-refractivity contribution is 6.02. The molecule has 11 heteroatoms. The minimum absolute atomic E-state index is 0.0150. The second kappa shape index (κ2) is 13.3. The fraction of sp³-hybridized carbons (Fsp3) is 0.357. The molecule has 0 bridgehead atoms. The highest BCUT2D eigenvalue weighted by atomic mass is 16.7. The molecule has 2 aromatic carbocycles. The van der Waals surface area contributed by atoms with Crippen molar-refractivity contribution in [2.24, 2.45) is 10.2 Å². The van der Waals surface area contributed by atoms with Crippen LogP contribution in [0.1, 0.15) is 60.9 Å². The van der Waals surface area contributed by atoms with E-state index in [4.69, 9.17) is 9.57 Å². The molecule has 1 aliphatic heterocycles. The quantitative estimate of drug-likeness (QED) is 0.269. The molecule has 1 unspecified atom stereocenters. The molecule has 1 fully saturated rings. The Bertz CT molecular complexity index is 1260. The fourth-order valence-electron chi connectivity index (χ4n) is 4.12. The minimum Gasteiger partial charge on any atom is -0.506 e. The van der Waals surface area contributed by atoms with Crippen LogP contribution in [0.5, 0.6) is 5.75 Å². The van der Waals surface area contributed by atoms with Crippen molar-refractivity contribution in [1.82, 2.24) is 10.4 Å². The van der Waals surface area contributed by atoms with Gasteiger partial charge >= 0.3 is 12.1 Å². The van der Waals surface area contributed by atoms with Crippen molar-refractivity contribution in [2.45, 2.75) is 57.5 Å². The number of aromatic hydroxyl groups is 1. The molecule has 4 rings (SSSR count). The Balaban J connectivity index is 1.27. The number of amides is 3. The Morgan fingerprint density at radius 2 is 1.72 bits per heavy atom. The van der Waals surface area contributed by atoms with Crippen molar-refractivity contribution in [3.05, 3.63) is 65.7 Å². The van der Waals surface area contributed by atoms with Gasteiger partial charge in [-0.2, -0.15) is 5.11 Å². The number of hydrogen-bond donors (Lipinski definition) is 2. The number of rotatable bonds is 8. The van der Waals surface area contributed by atoms with Crippen LogP contribution in [0.3, 0.4) is 0 Å². The number of nitrogens with one attached hydrogen (secondary N) is 1. The molecule has 2 aliphatic rings. The molecular formula is C28H30N4O7. The number of hydroxylamine groups is 2. The highest BCUT2D eigenvalue weighted by Crippen LogP contribution is 2.29. The predicted molar refractivity (Wildman–Crippen MR) is 139 cm³/mol. The van der Waals surface area contributed by atoms with Crippen molar-refractivity contribution in [3.8, 4) is 5.75 Å². The van der Waals surface area contributed by atoms with Gasteiger partial charge in [-0.1, -0.05) is 18.2 Å². The molecule has 1 aliphatic carbocycles. The van der Waals surface area contributed by atoms with E-state index in [9.17, 15) is 24.3 Å². The van der Waals surface area contributed by atoms with E-state index in [1.54, 1.807) is 12.1 Å². The molecule has 0 radical (unpaired) electrons. The molecule has 2 N–H and O–H groups in total. The van der Waals surface area contributed by atoms with Crippen LogP contribution in [0.4, 0.5) is 16.2 Å². The first-order valence-electron chi connectivity index (χ1n) is 12.9. The summed E-state index contributed by atoms with van der Waals surface area (Å²) in [5.41, 5.74) is 1.61. The molecule has 0 saturated carbocycles. The van der Waals surface area contributed by atoms with Gasteiger partial charge in [0.25, 0.3) is 11.8 Å². The Morgan fingerprint density at radius 1 is 0.974 bits per heavy atom. The third-order valence-corrected chi connectivity index (χ3v) is 6.27. The number of nitrogens with zero attached hydrogens (tertiary/aromatic N) is 3. The van der Waals surface area contributed by atoms with Crippen LogP contribution >= 0.6 is 0 Å². The maximum absolute atomic E-state index is 12.2. The van der Waals surface area contributed by atoms with E-state index in [1.165, 1.54) is 30.3 Å². The first-order valence-corrected chi connectivity index (χ1v) is 12.9. The summed E-state index contributed by atoms with van der Waals surface area (Å²) in [6.45, 7) is 0.360. The molecule has 2 aromatic rings. The summed E-state index contributed by atoms with van der Waals surface area (Å²) in [4.78, 5) is 52.5. The zero-order valence-electron chi connectivity index (χ0n) is 21.4. The Kier molecular flexibility index (Phi) is 9.39. The van der Waals surface area contributed by atoms with Gasteiger partial charge in [-0.3, -0.25) is 9.59 Å². The molecule has 11 nitrogen and oxygen atoms in total. The number of benzene rings is 2. The number of allylic oxidation sites excluding steroid dienone is 2. The van der Waals surface area contributed by atoms with E-state index in [0.717, 1.165) is 37.7 Å². The van der Waals surface area contributed by atoms with Crippen LogP contribution in [0.15, 0.2) is 64.8 Å². The number of carbonyl (C=O) groups is 4. The summed E-state index contributed by atoms with van der Waals surface area (Å²) in [6, 6.07) is 10.8. The zero-order valence-corrected chi connectivity index (χ0v) is 21.4. The third-order valence-electron chi connectivity index (χ3n) is 6.27. The number of phenolic OH excluding ortho intramolecular Hbond substituents is 1. The minimum atomic E-state index is -0.841. The normalized spacial score (nSPS) is 18.5. The van der Waals surface area contributed by atoms with Crippen molar-refractivity contribution in [1.29, 1.82) is 0 Å². The smallest absolute Gasteiger partial charge is 0.407 e. The standard InChI is InChI=1S/C28H30N4O7/c33-24-13-8-19(16-17-29-28(37)38-22-6-4-2-1-3-5-7-22)18-23(24)31-30-21-11-9-20(10-12-21)27(36)39-32-25(34)14-15-26(32)35/h1-2,8-13,18,22,33H,3-7,14-17H2,(H,29,37)/b2-1+,31-30?. The fourth-order valence-corrected chi connectivity index (χ4v) is 4.12. The molecule has 3 amide bonds. The van der Waals surface area contributed by atoms with Crippen LogP contribution in [0.25, 0.3) is 0 Å². The molecule has 1 atom stereocenters. The number of phenols is 1. The average Bonchev–Trinajstić information content (AvgIpc) is 3.22. The average molecular weight is 535 g/mol. The molecule has 1 heterocycles. The van der Waals surface area contributed by atoms with Crippen LogP contribution in [-0.2, 0) is 25.6 Å². The SMILES string of the molecule is O=C(NCCc1ccc(O)c(N=Nc2ccc(C(=O)ON3C(=O)CCC3=O)cc2)c1)OC1CC/C=C/CCC1. The second-order valence-electron chi connectivity index (χ2n) is 9.21. The summed E-state index contributed by atoms with van der Waals surface area (Å²) < 4.78 is 5.54. The van der Waals surface area contributed by atoms with Crippen molar-refractivity contribution in [2.75, 3.05) is 6.54 Å². The monoisotopic (exact) mass is 534 g/mol. The number of azo groups is 1. The number of alkyl carbamates (subject to hydrolysis) is 1. The summed E-state index contributed by atoms with van der Waals surface area (Å²) in [5.74, 6) is -2.01. The molecular weight excluding hydrogens is 504 g/mol. The Hall–Kier alpha value is -4.54. The van der Waals surface area contributed by atoms with Crippen molar-refractivity contribution in [3.63, 3.8) is 0 Å². The lowest BCUT2D eigenvalue weighted by Crippen LogP contribution is -2.32. The number of imide groups is 1. The van der Waals surface area contributed by atoms with Gasteiger partial charge in [-0.25, -0.2) is 9.59 Å². The lowest BCUT2D eigenvalue weighted by Gasteiger charge is -2.18. The number of ether oxygens (including phenoxy) is 1. The maximum atomic E-state index is 12.2. The predicted octanol–water partition coefficient (Wildman–Crippen LogP) is 5.19. The van der Waals surface area contributed by atoms with Gasteiger partial charge in [0.1, 0.15) is 17.5 Å². The molecule has 204 valence electrons.